The van der Waals surface area contributed by atoms with Crippen LogP contribution in [0, 0.1) is 0 Å². The molecule has 1 aromatic carbocycles. The third-order valence-corrected chi connectivity index (χ3v) is 5.56. The normalized spacial score (nSPS) is 15.1. The van der Waals surface area contributed by atoms with Crippen LogP contribution in [0.15, 0.2) is 41.4 Å². The minimum Gasteiger partial charge on any atom is -0.341 e. The van der Waals surface area contributed by atoms with E-state index >= 15 is 0 Å². The van der Waals surface area contributed by atoms with Crippen LogP contribution in [-0.2, 0) is 16.6 Å². The van der Waals surface area contributed by atoms with E-state index in [4.69, 9.17) is 11.6 Å². The fourth-order valence-electron chi connectivity index (χ4n) is 2.46. The maximum atomic E-state index is 12.3. The van der Waals surface area contributed by atoms with E-state index in [0.29, 0.717) is 11.6 Å². The highest BCUT2D eigenvalue weighted by molar-refractivity contribution is 7.89. The Morgan fingerprint density at radius 3 is 2.65 bits per heavy atom. The van der Waals surface area contributed by atoms with Gasteiger partial charge in [0.15, 0.2) is 0 Å². The van der Waals surface area contributed by atoms with Crippen molar-refractivity contribution in [3.05, 3.63) is 47.2 Å². The van der Waals surface area contributed by atoms with E-state index in [9.17, 15) is 8.42 Å². The van der Waals surface area contributed by atoms with Gasteiger partial charge in [0, 0.05) is 19.3 Å². The number of halogens is 1. The molecule has 1 saturated heterocycles. The number of hydrogen-bond donors (Lipinski definition) is 1. The van der Waals surface area contributed by atoms with Crippen molar-refractivity contribution in [2.45, 2.75) is 24.3 Å². The third-order valence-electron chi connectivity index (χ3n) is 3.66. The number of rotatable bonds is 5. The van der Waals surface area contributed by atoms with E-state index < -0.39 is 10.0 Å². The first-order valence-electron chi connectivity index (χ1n) is 7.37. The Labute approximate surface area is 140 Å². The lowest BCUT2D eigenvalue weighted by atomic mass is 10.4. The van der Waals surface area contributed by atoms with Crippen LogP contribution in [-0.4, -0.2) is 31.5 Å². The lowest BCUT2D eigenvalue weighted by Gasteiger charge is -2.15. The van der Waals surface area contributed by atoms with Gasteiger partial charge in [-0.25, -0.2) is 23.1 Å². The molecule has 1 aliphatic heterocycles. The Bertz CT molecular complexity index is 792. The molecule has 0 spiro atoms. The molecule has 2 heterocycles. The number of aromatic nitrogens is 2. The number of nitrogens with zero attached hydrogens (tertiary/aromatic N) is 3. The van der Waals surface area contributed by atoms with Crippen LogP contribution in [0.4, 0.5) is 5.95 Å². The number of nitrogens with one attached hydrogen (secondary N) is 1. The Morgan fingerprint density at radius 2 is 1.91 bits per heavy atom. The van der Waals surface area contributed by atoms with E-state index in [1.165, 1.54) is 6.07 Å². The summed E-state index contributed by atoms with van der Waals surface area (Å²) in [5.41, 5.74) is 0.623. The van der Waals surface area contributed by atoms with Crippen molar-refractivity contribution in [3.63, 3.8) is 0 Å². The summed E-state index contributed by atoms with van der Waals surface area (Å²) in [4.78, 5) is 10.9. The third kappa shape index (κ3) is 3.80. The molecule has 1 aliphatic rings. The first-order valence-corrected chi connectivity index (χ1v) is 9.23. The molecule has 6 nitrogen and oxygen atoms in total. The standard InChI is InChI=1S/C15H17ClN4O2S/c16-13-5-1-2-6-14(13)23(21,22)18-11-12-7-8-17-15(19-12)20-9-3-4-10-20/h1-2,5-8,18H,3-4,9-11H2. The molecule has 8 heteroatoms. The summed E-state index contributed by atoms with van der Waals surface area (Å²) in [6.07, 6.45) is 3.92. The van der Waals surface area contributed by atoms with Gasteiger partial charge in [-0.1, -0.05) is 23.7 Å². The van der Waals surface area contributed by atoms with Crippen LogP contribution in [0.25, 0.3) is 0 Å². The Balaban J connectivity index is 1.73. The molecule has 0 atom stereocenters. The molecule has 1 aromatic heterocycles. The second kappa shape index (κ2) is 6.82. The van der Waals surface area contributed by atoms with Crippen molar-refractivity contribution >= 4 is 27.6 Å². The van der Waals surface area contributed by atoms with Gasteiger partial charge < -0.3 is 4.90 Å². The fraction of sp³-hybridized carbons (Fsp3) is 0.333. The summed E-state index contributed by atoms with van der Waals surface area (Å²) in [6, 6.07) is 8.05. The zero-order chi connectivity index (χ0) is 16.3. The summed E-state index contributed by atoms with van der Waals surface area (Å²) in [7, 11) is -3.68. The zero-order valence-corrected chi connectivity index (χ0v) is 14.0. The molecule has 122 valence electrons. The quantitative estimate of drug-likeness (QED) is 0.892. The van der Waals surface area contributed by atoms with Crippen molar-refractivity contribution in [1.82, 2.24) is 14.7 Å². The lowest BCUT2D eigenvalue weighted by Crippen LogP contribution is -2.25. The zero-order valence-electron chi connectivity index (χ0n) is 12.4. The second-order valence-electron chi connectivity index (χ2n) is 5.30. The van der Waals surface area contributed by atoms with Crippen LogP contribution in [0.1, 0.15) is 18.5 Å². The molecule has 0 aliphatic carbocycles. The monoisotopic (exact) mass is 352 g/mol. The van der Waals surface area contributed by atoms with Gasteiger partial charge in [-0.05, 0) is 31.0 Å². The summed E-state index contributed by atoms with van der Waals surface area (Å²) in [5.74, 6) is 0.650. The molecule has 2 aromatic rings. The Kier molecular flexibility index (Phi) is 4.79. The SMILES string of the molecule is O=S(=O)(NCc1ccnc(N2CCCC2)n1)c1ccccc1Cl. The topological polar surface area (TPSA) is 75.2 Å². The second-order valence-corrected chi connectivity index (χ2v) is 7.44. The maximum Gasteiger partial charge on any atom is 0.242 e. The minimum absolute atomic E-state index is 0.0653. The van der Waals surface area contributed by atoms with Crippen molar-refractivity contribution in [2.24, 2.45) is 0 Å². The average molecular weight is 353 g/mol. The Morgan fingerprint density at radius 1 is 1.17 bits per heavy atom. The minimum atomic E-state index is -3.68. The van der Waals surface area contributed by atoms with Crippen molar-refractivity contribution in [3.8, 4) is 0 Å². The van der Waals surface area contributed by atoms with E-state index in [-0.39, 0.29) is 16.5 Å². The molecule has 0 unspecified atom stereocenters. The van der Waals surface area contributed by atoms with E-state index in [0.717, 1.165) is 25.9 Å². The molecule has 0 radical (unpaired) electrons. The highest BCUT2D eigenvalue weighted by atomic mass is 35.5. The van der Waals surface area contributed by atoms with Crippen LogP contribution in [0.2, 0.25) is 5.02 Å². The highest BCUT2D eigenvalue weighted by Gasteiger charge is 2.18. The fourth-order valence-corrected chi connectivity index (χ4v) is 3.98. The summed E-state index contributed by atoms with van der Waals surface area (Å²) >= 11 is 5.95. The number of sulfonamides is 1. The first kappa shape index (κ1) is 16.2. The molecule has 1 N–H and O–H groups in total. The van der Waals surface area contributed by atoms with Crippen molar-refractivity contribution in [2.75, 3.05) is 18.0 Å². The van der Waals surface area contributed by atoms with Gasteiger partial charge in [0.2, 0.25) is 16.0 Å². The van der Waals surface area contributed by atoms with Gasteiger partial charge in [0.05, 0.1) is 17.3 Å². The van der Waals surface area contributed by atoms with Gasteiger partial charge in [0.25, 0.3) is 0 Å². The highest BCUT2D eigenvalue weighted by Crippen LogP contribution is 2.20. The van der Waals surface area contributed by atoms with E-state index in [2.05, 4.69) is 19.6 Å². The molecule has 0 bridgehead atoms. The van der Waals surface area contributed by atoms with Gasteiger partial charge in [-0.15, -0.1) is 0 Å². The van der Waals surface area contributed by atoms with Crippen LogP contribution in [0.5, 0.6) is 0 Å². The van der Waals surface area contributed by atoms with Gasteiger partial charge in [-0.2, -0.15) is 0 Å². The molecular weight excluding hydrogens is 336 g/mol. The summed E-state index contributed by atoms with van der Waals surface area (Å²) < 4.78 is 27.2. The first-order chi connectivity index (χ1) is 11.1. The van der Waals surface area contributed by atoms with Crippen LogP contribution >= 0.6 is 11.6 Å². The number of benzene rings is 1. The Hall–Kier alpha value is -1.70. The molecule has 23 heavy (non-hydrogen) atoms. The van der Waals surface area contributed by atoms with Crippen molar-refractivity contribution in [1.29, 1.82) is 0 Å². The largest absolute Gasteiger partial charge is 0.341 e. The number of anilines is 1. The van der Waals surface area contributed by atoms with Gasteiger partial charge in [0.1, 0.15) is 4.90 Å². The smallest absolute Gasteiger partial charge is 0.242 e. The van der Waals surface area contributed by atoms with Gasteiger partial charge >= 0.3 is 0 Å². The predicted octanol–water partition coefficient (Wildman–Crippen LogP) is 2.21. The number of hydrogen-bond acceptors (Lipinski definition) is 5. The van der Waals surface area contributed by atoms with Crippen LogP contribution < -0.4 is 9.62 Å². The molecule has 3 rings (SSSR count). The molecule has 0 saturated carbocycles. The molecule has 1 fully saturated rings. The van der Waals surface area contributed by atoms with Crippen LogP contribution in [0.3, 0.4) is 0 Å². The van der Waals surface area contributed by atoms with Crippen molar-refractivity contribution < 1.29 is 8.42 Å². The molecular formula is C15H17ClN4O2S. The average Bonchev–Trinajstić information content (AvgIpc) is 3.08. The summed E-state index contributed by atoms with van der Waals surface area (Å²) in [5, 5.41) is 0.195. The summed E-state index contributed by atoms with van der Waals surface area (Å²) in [6.45, 7) is 1.97. The van der Waals surface area contributed by atoms with E-state index in [1.807, 2.05) is 0 Å². The maximum absolute atomic E-state index is 12.3. The predicted molar refractivity (Wildman–Crippen MR) is 89.0 cm³/mol. The van der Waals surface area contributed by atoms with Gasteiger partial charge in [-0.3, -0.25) is 0 Å². The lowest BCUT2D eigenvalue weighted by molar-refractivity contribution is 0.580. The molecule has 0 amide bonds. The van der Waals surface area contributed by atoms with E-state index in [1.54, 1.807) is 30.5 Å².